The van der Waals surface area contributed by atoms with Crippen LogP contribution in [0.4, 0.5) is 4.39 Å². The smallest absolute Gasteiger partial charge is 0.141 e. The summed E-state index contributed by atoms with van der Waals surface area (Å²) in [6.45, 7) is 0. The molecule has 0 atom stereocenters. The molecule has 0 aliphatic carbocycles. The number of hydrogen-bond donors (Lipinski definition) is 0. The number of nitriles is 1. The number of halogens is 1. The summed E-state index contributed by atoms with van der Waals surface area (Å²) in [5.41, 5.74) is 2.28. The molecule has 0 saturated carbocycles. The first-order valence-corrected chi connectivity index (χ1v) is 5.83. The highest BCUT2D eigenvalue weighted by Crippen LogP contribution is 2.27. The number of benzene rings is 2. The summed E-state index contributed by atoms with van der Waals surface area (Å²) in [7, 11) is 0. The number of hydrogen-bond acceptors (Lipinski definition) is 2. The van der Waals surface area contributed by atoms with E-state index in [1.165, 1.54) is 6.07 Å². The lowest BCUT2D eigenvalue weighted by molar-refractivity contribution is 0.624. The van der Waals surface area contributed by atoms with Crippen LogP contribution < -0.4 is 0 Å². The Balaban J connectivity index is 2.25. The lowest BCUT2D eigenvalue weighted by Crippen LogP contribution is -1.89. The van der Waals surface area contributed by atoms with Crippen LogP contribution in [0.25, 0.3) is 22.0 Å². The van der Waals surface area contributed by atoms with Crippen molar-refractivity contribution in [1.82, 2.24) is 4.98 Å². The Morgan fingerprint density at radius 1 is 1.05 bits per heavy atom. The van der Waals surface area contributed by atoms with Crippen molar-refractivity contribution in [3.05, 3.63) is 66.1 Å². The Morgan fingerprint density at radius 2 is 1.95 bits per heavy atom. The van der Waals surface area contributed by atoms with E-state index in [2.05, 4.69) is 4.98 Å². The molecule has 0 aliphatic rings. The number of pyridine rings is 1. The lowest BCUT2D eigenvalue weighted by Gasteiger charge is -2.06. The quantitative estimate of drug-likeness (QED) is 0.654. The molecule has 0 fully saturated rings. The van der Waals surface area contributed by atoms with Gasteiger partial charge in [0.2, 0.25) is 0 Å². The summed E-state index contributed by atoms with van der Waals surface area (Å²) < 4.78 is 13.6. The Morgan fingerprint density at radius 3 is 2.79 bits per heavy atom. The van der Waals surface area contributed by atoms with Gasteiger partial charge in [-0.2, -0.15) is 5.26 Å². The average Bonchev–Trinajstić information content (AvgIpc) is 2.46. The number of aromatic nitrogens is 1. The number of nitrogens with zero attached hydrogens (tertiary/aromatic N) is 2. The van der Waals surface area contributed by atoms with Gasteiger partial charge in [-0.15, -0.1) is 0 Å². The van der Waals surface area contributed by atoms with Gasteiger partial charge in [-0.1, -0.05) is 30.3 Å². The maximum Gasteiger partial charge on any atom is 0.141 e. The molecular formula is C16H9FN2. The van der Waals surface area contributed by atoms with Crippen molar-refractivity contribution < 1.29 is 4.39 Å². The van der Waals surface area contributed by atoms with Crippen molar-refractivity contribution in [3.8, 4) is 17.2 Å². The Labute approximate surface area is 109 Å². The summed E-state index contributed by atoms with van der Waals surface area (Å²) in [6.07, 6.45) is 1.71. The van der Waals surface area contributed by atoms with E-state index in [0.717, 1.165) is 16.5 Å². The van der Waals surface area contributed by atoms with Gasteiger partial charge in [0.1, 0.15) is 11.9 Å². The first kappa shape index (κ1) is 11.4. The van der Waals surface area contributed by atoms with Crippen LogP contribution in [-0.2, 0) is 0 Å². The summed E-state index contributed by atoms with van der Waals surface area (Å²) in [4.78, 5) is 4.27. The Hall–Kier alpha value is -2.73. The summed E-state index contributed by atoms with van der Waals surface area (Å²) in [5.74, 6) is -0.499. The molecule has 3 rings (SSSR count). The minimum absolute atomic E-state index is 0.0674. The standard InChI is InChI=1S/C16H9FN2/c17-15-5-1-4-13(14(15)10-18)12-7-6-11-3-2-8-19-16(11)9-12/h1-9H. The van der Waals surface area contributed by atoms with Crippen LogP contribution in [0.15, 0.2) is 54.7 Å². The fourth-order valence-corrected chi connectivity index (χ4v) is 2.11. The molecule has 0 amide bonds. The summed E-state index contributed by atoms with van der Waals surface area (Å²) in [5, 5.41) is 10.1. The van der Waals surface area contributed by atoms with Gasteiger partial charge >= 0.3 is 0 Å². The van der Waals surface area contributed by atoms with E-state index < -0.39 is 5.82 Å². The van der Waals surface area contributed by atoms with Crippen LogP contribution in [-0.4, -0.2) is 4.98 Å². The normalized spacial score (nSPS) is 10.3. The second-order valence-electron chi connectivity index (χ2n) is 4.19. The van der Waals surface area contributed by atoms with E-state index in [1.54, 1.807) is 18.3 Å². The van der Waals surface area contributed by atoms with Gasteiger partial charge in [0.05, 0.1) is 11.1 Å². The molecule has 2 nitrogen and oxygen atoms in total. The second-order valence-corrected chi connectivity index (χ2v) is 4.19. The van der Waals surface area contributed by atoms with Crippen molar-refractivity contribution in [2.24, 2.45) is 0 Å². The molecule has 0 radical (unpaired) electrons. The van der Waals surface area contributed by atoms with Gasteiger partial charge in [-0.3, -0.25) is 4.98 Å². The molecule has 3 aromatic rings. The van der Waals surface area contributed by atoms with E-state index in [-0.39, 0.29) is 5.56 Å². The van der Waals surface area contributed by atoms with E-state index in [0.29, 0.717) is 5.56 Å². The molecule has 0 N–H and O–H groups in total. The van der Waals surface area contributed by atoms with Gasteiger partial charge in [0.25, 0.3) is 0 Å². The van der Waals surface area contributed by atoms with E-state index in [9.17, 15) is 4.39 Å². The third-order valence-corrected chi connectivity index (χ3v) is 3.04. The monoisotopic (exact) mass is 248 g/mol. The maximum absolute atomic E-state index is 13.6. The third kappa shape index (κ3) is 1.94. The highest BCUT2D eigenvalue weighted by Gasteiger charge is 2.10. The molecule has 0 aliphatic heterocycles. The van der Waals surface area contributed by atoms with Crippen molar-refractivity contribution >= 4 is 10.9 Å². The van der Waals surface area contributed by atoms with E-state index in [4.69, 9.17) is 5.26 Å². The Bertz CT molecular complexity index is 803. The maximum atomic E-state index is 13.6. The fraction of sp³-hybridized carbons (Fsp3) is 0. The molecule has 2 aromatic carbocycles. The van der Waals surface area contributed by atoms with Crippen LogP contribution in [0.1, 0.15) is 5.56 Å². The molecule has 90 valence electrons. The van der Waals surface area contributed by atoms with E-state index >= 15 is 0 Å². The topological polar surface area (TPSA) is 36.7 Å². The lowest BCUT2D eigenvalue weighted by atomic mass is 9.99. The van der Waals surface area contributed by atoms with Gasteiger partial charge in [0.15, 0.2) is 0 Å². The molecule has 3 heteroatoms. The molecule has 0 saturated heterocycles. The summed E-state index contributed by atoms with van der Waals surface area (Å²) >= 11 is 0. The predicted molar refractivity (Wildman–Crippen MR) is 71.9 cm³/mol. The van der Waals surface area contributed by atoms with Gasteiger partial charge in [0, 0.05) is 17.1 Å². The minimum atomic E-state index is -0.499. The fourth-order valence-electron chi connectivity index (χ4n) is 2.11. The molecular weight excluding hydrogens is 239 g/mol. The van der Waals surface area contributed by atoms with E-state index in [1.807, 2.05) is 36.4 Å². The minimum Gasteiger partial charge on any atom is -0.256 e. The zero-order chi connectivity index (χ0) is 13.2. The molecule has 19 heavy (non-hydrogen) atoms. The molecule has 0 unspecified atom stereocenters. The zero-order valence-electron chi connectivity index (χ0n) is 9.97. The molecule has 0 bridgehead atoms. The highest BCUT2D eigenvalue weighted by atomic mass is 19.1. The number of rotatable bonds is 1. The SMILES string of the molecule is N#Cc1c(F)cccc1-c1ccc2cccnc2c1. The van der Waals surface area contributed by atoms with Crippen LogP contribution in [0.3, 0.4) is 0 Å². The molecule has 1 heterocycles. The van der Waals surface area contributed by atoms with Crippen LogP contribution in [0.5, 0.6) is 0 Å². The van der Waals surface area contributed by atoms with Crippen molar-refractivity contribution in [1.29, 1.82) is 5.26 Å². The van der Waals surface area contributed by atoms with Crippen LogP contribution in [0.2, 0.25) is 0 Å². The highest BCUT2D eigenvalue weighted by molar-refractivity contribution is 5.85. The summed E-state index contributed by atoms with van der Waals surface area (Å²) in [6, 6.07) is 16.0. The predicted octanol–water partition coefficient (Wildman–Crippen LogP) is 3.91. The zero-order valence-corrected chi connectivity index (χ0v) is 9.97. The van der Waals surface area contributed by atoms with Crippen molar-refractivity contribution in [2.75, 3.05) is 0 Å². The van der Waals surface area contributed by atoms with Gasteiger partial charge < -0.3 is 0 Å². The molecule has 1 aromatic heterocycles. The third-order valence-electron chi connectivity index (χ3n) is 3.04. The van der Waals surface area contributed by atoms with Crippen molar-refractivity contribution in [2.45, 2.75) is 0 Å². The van der Waals surface area contributed by atoms with Gasteiger partial charge in [-0.25, -0.2) is 4.39 Å². The molecule has 0 spiro atoms. The first-order chi connectivity index (χ1) is 9.29. The average molecular weight is 248 g/mol. The van der Waals surface area contributed by atoms with Crippen LogP contribution >= 0.6 is 0 Å². The largest absolute Gasteiger partial charge is 0.256 e. The van der Waals surface area contributed by atoms with Gasteiger partial charge in [-0.05, 0) is 23.8 Å². The second kappa shape index (κ2) is 4.51. The first-order valence-electron chi connectivity index (χ1n) is 5.83. The Kier molecular flexibility index (Phi) is 2.70. The number of fused-ring (bicyclic) bond motifs is 1. The van der Waals surface area contributed by atoms with Crippen LogP contribution in [0, 0.1) is 17.1 Å². The van der Waals surface area contributed by atoms with Crippen molar-refractivity contribution in [3.63, 3.8) is 0 Å².